The Kier molecular flexibility index (Phi) is 9.10. The standard InChI is InChI=1S/C37H40NO8/c1-22-23(2)36(41)25(16-30(22)39)10-8-6-5-7-9-15-44-34(40)19-28-26-11-12-31(42-3)37(43-4)29(26)20-38-14-13-24-17-32-33(46-21-45-32)18-27(24)35(28)38/h11-12,16-18,20H,5-10,13-15,19,21H2,1-4H3/q+1. The van der Waals surface area contributed by atoms with Gasteiger partial charge in [0.05, 0.1) is 38.2 Å². The molecule has 0 atom stereocenters. The van der Waals surface area contributed by atoms with E-state index in [4.69, 9.17) is 23.7 Å². The van der Waals surface area contributed by atoms with E-state index in [0.717, 1.165) is 84.0 Å². The lowest BCUT2D eigenvalue weighted by Crippen LogP contribution is -2.41. The van der Waals surface area contributed by atoms with Crippen molar-refractivity contribution in [2.24, 2.45) is 0 Å². The van der Waals surface area contributed by atoms with Gasteiger partial charge in [-0.3, -0.25) is 14.4 Å². The highest BCUT2D eigenvalue weighted by Gasteiger charge is 2.33. The number of aromatic nitrogens is 1. The molecule has 6 rings (SSSR count). The molecule has 0 fully saturated rings. The number of carbonyl (C=O) groups excluding carboxylic acids is 3. The predicted octanol–water partition coefficient (Wildman–Crippen LogP) is 5.94. The van der Waals surface area contributed by atoms with Crippen LogP contribution in [0.3, 0.4) is 0 Å². The Morgan fingerprint density at radius 3 is 2.46 bits per heavy atom. The Morgan fingerprint density at radius 1 is 0.913 bits per heavy atom. The number of esters is 1. The van der Waals surface area contributed by atoms with Gasteiger partial charge in [0.1, 0.15) is 0 Å². The summed E-state index contributed by atoms with van der Waals surface area (Å²) in [6.45, 7) is 4.70. The average Bonchev–Trinajstić information content (AvgIpc) is 3.52. The van der Waals surface area contributed by atoms with E-state index in [0.29, 0.717) is 47.0 Å². The molecule has 9 nitrogen and oxygen atoms in total. The van der Waals surface area contributed by atoms with Gasteiger partial charge in [0, 0.05) is 34.1 Å². The number of carbonyl (C=O) groups is 3. The number of benzene rings is 2. The number of unbranched alkanes of at least 4 members (excludes halogenated alkanes) is 4. The summed E-state index contributed by atoms with van der Waals surface area (Å²) in [5, 5.41) is 1.77. The molecule has 3 heterocycles. The molecule has 0 saturated carbocycles. The predicted molar refractivity (Wildman–Crippen MR) is 171 cm³/mol. The Bertz CT molecular complexity index is 1800. The molecule has 1 aromatic heterocycles. The smallest absolute Gasteiger partial charge is 0.310 e. The number of rotatable bonds is 12. The van der Waals surface area contributed by atoms with Crippen LogP contribution in [-0.2, 0) is 38.5 Å². The maximum absolute atomic E-state index is 13.3. The maximum Gasteiger partial charge on any atom is 0.310 e. The van der Waals surface area contributed by atoms with Gasteiger partial charge < -0.3 is 23.7 Å². The van der Waals surface area contributed by atoms with Crippen molar-refractivity contribution in [3.8, 4) is 34.3 Å². The second kappa shape index (κ2) is 13.4. The number of ether oxygens (including phenoxy) is 5. The van der Waals surface area contributed by atoms with Crippen LogP contribution in [0.1, 0.15) is 63.5 Å². The minimum absolute atomic E-state index is 0.0119. The Morgan fingerprint density at radius 2 is 1.67 bits per heavy atom. The van der Waals surface area contributed by atoms with Gasteiger partial charge in [0.25, 0.3) is 0 Å². The monoisotopic (exact) mass is 626 g/mol. The lowest BCUT2D eigenvalue weighted by Gasteiger charge is -2.20. The van der Waals surface area contributed by atoms with Crippen molar-refractivity contribution in [2.45, 2.75) is 71.8 Å². The number of ketones is 2. The first kappa shape index (κ1) is 31.3. The van der Waals surface area contributed by atoms with Gasteiger partial charge in [0.2, 0.25) is 12.5 Å². The molecule has 0 spiro atoms. The van der Waals surface area contributed by atoms with Crippen LogP contribution in [0.5, 0.6) is 23.0 Å². The fourth-order valence-electron chi connectivity index (χ4n) is 6.63. The van der Waals surface area contributed by atoms with Gasteiger partial charge in [-0.2, -0.15) is 4.57 Å². The van der Waals surface area contributed by atoms with Crippen molar-refractivity contribution in [1.82, 2.24) is 0 Å². The van der Waals surface area contributed by atoms with Crippen molar-refractivity contribution >= 4 is 28.3 Å². The number of Topliss-reactive ketones (excluding diaryl/α,β-unsaturated/α-hetero) is 1. The molecular formula is C37H40NO8+. The number of hydrogen-bond acceptors (Lipinski definition) is 8. The van der Waals surface area contributed by atoms with Gasteiger partial charge in [-0.15, -0.1) is 0 Å². The SMILES string of the molecule is COc1ccc2c(CC(=O)OCCCCCCCC3=CC(=O)C(C)=C(C)C3=O)c3[n+](cc2c1OC)CCc1cc2c(cc1-3)OCO2. The van der Waals surface area contributed by atoms with Gasteiger partial charge >= 0.3 is 5.97 Å². The van der Waals surface area contributed by atoms with Crippen LogP contribution in [0, 0.1) is 0 Å². The molecule has 0 unspecified atom stereocenters. The second-order valence-corrected chi connectivity index (χ2v) is 12.1. The summed E-state index contributed by atoms with van der Waals surface area (Å²) in [7, 11) is 3.24. The van der Waals surface area contributed by atoms with E-state index in [9.17, 15) is 14.4 Å². The van der Waals surface area contributed by atoms with Crippen LogP contribution in [-0.4, -0.2) is 45.2 Å². The lowest BCUT2D eigenvalue weighted by molar-refractivity contribution is -0.686. The molecule has 3 aromatic rings. The number of aryl methyl sites for hydroxylation is 2. The third kappa shape index (κ3) is 5.98. The van der Waals surface area contributed by atoms with Crippen molar-refractivity contribution < 1.29 is 42.6 Å². The Hall–Kier alpha value is -4.66. The highest BCUT2D eigenvalue weighted by Crippen LogP contribution is 2.43. The fourth-order valence-corrected chi connectivity index (χ4v) is 6.63. The van der Waals surface area contributed by atoms with Crippen LogP contribution in [0.15, 0.2) is 53.3 Å². The summed E-state index contributed by atoms with van der Waals surface area (Å²) in [5.41, 5.74) is 5.71. The van der Waals surface area contributed by atoms with Crippen molar-refractivity contribution in [3.63, 3.8) is 0 Å². The number of methoxy groups -OCH3 is 2. The fraction of sp³-hybridized carbons (Fsp3) is 0.405. The highest BCUT2D eigenvalue weighted by molar-refractivity contribution is 6.22. The highest BCUT2D eigenvalue weighted by atomic mass is 16.7. The van der Waals surface area contributed by atoms with Crippen LogP contribution in [0.2, 0.25) is 0 Å². The molecule has 2 aliphatic heterocycles. The molecule has 3 aliphatic rings. The minimum atomic E-state index is -0.288. The van der Waals surface area contributed by atoms with E-state index < -0.39 is 0 Å². The third-order valence-electron chi connectivity index (χ3n) is 9.29. The van der Waals surface area contributed by atoms with E-state index in [1.807, 2.05) is 24.3 Å². The molecule has 0 saturated heterocycles. The first-order chi connectivity index (χ1) is 22.3. The molecule has 0 amide bonds. The summed E-state index contributed by atoms with van der Waals surface area (Å²) < 4.78 is 30.6. The maximum atomic E-state index is 13.3. The average molecular weight is 627 g/mol. The van der Waals surface area contributed by atoms with Gasteiger partial charge in [0.15, 0.2) is 47.3 Å². The van der Waals surface area contributed by atoms with Crippen molar-refractivity contribution in [2.75, 3.05) is 27.6 Å². The quantitative estimate of drug-likeness (QED) is 0.105. The molecule has 0 radical (unpaired) electrons. The number of nitrogens with zero attached hydrogens (tertiary/aromatic N) is 1. The summed E-state index contributed by atoms with van der Waals surface area (Å²) in [5.74, 6) is 2.33. The molecule has 2 aromatic carbocycles. The van der Waals surface area contributed by atoms with Crippen LogP contribution < -0.4 is 23.5 Å². The first-order valence-electron chi connectivity index (χ1n) is 16.0. The molecule has 1 aliphatic carbocycles. The lowest BCUT2D eigenvalue weighted by atomic mass is 9.88. The van der Waals surface area contributed by atoms with Gasteiger partial charge in [-0.05, 0) is 69.0 Å². The summed E-state index contributed by atoms with van der Waals surface area (Å²) in [4.78, 5) is 37.9. The van der Waals surface area contributed by atoms with Gasteiger partial charge in [-0.1, -0.05) is 19.3 Å². The van der Waals surface area contributed by atoms with Crippen LogP contribution >= 0.6 is 0 Å². The van der Waals surface area contributed by atoms with Crippen molar-refractivity contribution in [3.05, 3.63) is 64.4 Å². The number of fused-ring (bicyclic) bond motifs is 5. The van der Waals surface area contributed by atoms with Crippen molar-refractivity contribution in [1.29, 1.82) is 0 Å². The molecule has 9 heteroatoms. The topological polar surface area (TPSA) is 101 Å². The molecule has 0 bridgehead atoms. The molecule has 46 heavy (non-hydrogen) atoms. The van der Waals surface area contributed by atoms with Crippen LogP contribution in [0.4, 0.5) is 0 Å². The molecule has 240 valence electrons. The minimum Gasteiger partial charge on any atom is -0.493 e. The van der Waals surface area contributed by atoms with Gasteiger partial charge in [-0.25, -0.2) is 0 Å². The van der Waals surface area contributed by atoms with E-state index in [1.165, 1.54) is 6.08 Å². The molecule has 0 N–H and O–H groups in total. The van der Waals surface area contributed by atoms with E-state index >= 15 is 0 Å². The third-order valence-corrected chi connectivity index (χ3v) is 9.29. The Balaban J connectivity index is 1.12. The molecular weight excluding hydrogens is 586 g/mol. The number of pyridine rings is 1. The first-order valence-corrected chi connectivity index (χ1v) is 16.0. The normalized spacial score (nSPS) is 15.1. The second-order valence-electron chi connectivity index (χ2n) is 12.1. The zero-order valence-corrected chi connectivity index (χ0v) is 27.0. The van der Waals surface area contributed by atoms with E-state index in [-0.39, 0.29) is 30.7 Å². The summed E-state index contributed by atoms with van der Waals surface area (Å²) >= 11 is 0. The van der Waals surface area contributed by atoms with Crippen LogP contribution in [0.25, 0.3) is 22.0 Å². The number of hydrogen-bond donors (Lipinski definition) is 0. The zero-order valence-electron chi connectivity index (χ0n) is 27.0. The number of allylic oxidation sites excluding steroid dienone is 4. The Labute approximate surface area is 268 Å². The van der Waals surface area contributed by atoms with E-state index in [1.54, 1.807) is 28.1 Å². The zero-order chi connectivity index (χ0) is 32.4. The summed E-state index contributed by atoms with van der Waals surface area (Å²) in [6.07, 6.45) is 9.51. The van der Waals surface area contributed by atoms with E-state index in [2.05, 4.69) is 10.8 Å². The largest absolute Gasteiger partial charge is 0.493 e. The summed E-state index contributed by atoms with van der Waals surface area (Å²) in [6, 6.07) is 7.91.